The van der Waals surface area contributed by atoms with Crippen LogP contribution in [0.5, 0.6) is 0 Å². The van der Waals surface area contributed by atoms with Crippen LogP contribution in [0.3, 0.4) is 0 Å². The summed E-state index contributed by atoms with van der Waals surface area (Å²) in [5.41, 5.74) is 0. The molecule has 0 aliphatic carbocycles. The number of aldehydes is 1. The van der Waals surface area contributed by atoms with E-state index < -0.39 is 0 Å². The van der Waals surface area contributed by atoms with Gasteiger partial charge in [0.25, 0.3) is 0 Å². The molecule has 1 nitrogen and oxygen atoms in total. The molecule has 0 N–H and O–H groups in total. The summed E-state index contributed by atoms with van der Waals surface area (Å²) in [6, 6.07) is 0. The van der Waals surface area contributed by atoms with E-state index in [4.69, 9.17) is 0 Å². The molecule has 0 saturated heterocycles. The fourth-order valence-corrected chi connectivity index (χ4v) is 4.84. The molecule has 0 heterocycles. The first-order chi connectivity index (χ1) is 13.9. The lowest BCUT2D eigenvalue weighted by Crippen LogP contribution is -1.87. The van der Waals surface area contributed by atoms with Crippen molar-refractivity contribution in [3.05, 3.63) is 0 Å². The van der Waals surface area contributed by atoms with Crippen LogP contribution in [0.15, 0.2) is 0 Å². The molecule has 0 saturated carbocycles. The Balaban J connectivity index is 2.97. The van der Waals surface area contributed by atoms with E-state index in [9.17, 15) is 4.79 Å². The van der Waals surface area contributed by atoms with Gasteiger partial charge in [0.15, 0.2) is 0 Å². The van der Waals surface area contributed by atoms with Crippen molar-refractivity contribution in [2.45, 2.75) is 148 Å². The van der Waals surface area contributed by atoms with E-state index in [2.05, 4.69) is 18.7 Å². The van der Waals surface area contributed by atoms with Gasteiger partial charge in [0.1, 0.15) is 6.29 Å². The first-order valence-corrected chi connectivity index (χ1v) is 14.1. The molecule has 0 aromatic heterocycles. The molecule has 2 heteroatoms. The summed E-state index contributed by atoms with van der Waals surface area (Å²) in [6.45, 7) is 2.30. The zero-order valence-corrected chi connectivity index (χ0v) is 20.2. The molecular formula is C26H52OS. The molecule has 0 rings (SSSR count). The van der Waals surface area contributed by atoms with E-state index >= 15 is 0 Å². The standard InChI is InChI=1S/C26H52OS/c1-2-3-4-5-6-7-8-9-10-11-13-16-19-22-25-28-26-23-20-17-14-12-15-18-21-24-27/h24H,2-23,25-26H2,1H3. The number of hydrogen-bond acceptors (Lipinski definition) is 2. The molecule has 0 aromatic carbocycles. The third kappa shape index (κ3) is 26.0. The Bertz CT molecular complexity index is 280. The zero-order chi connectivity index (χ0) is 20.4. The Kier molecular flexibility index (Phi) is 27.0. The van der Waals surface area contributed by atoms with Gasteiger partial charge in [0.05, 0.1) is 0 Å². The molecule has 0 aliphatic heterocycles. The van der Waals surface area contributed by atoms with Gasteiger partial charge < -0.3 is 4.79 Å². The summed E-state index contributed by atoms with van der Waals surface area (Å²) in [5, 5.41) is 0. The lowest BCUT2D eigenvalue weighted by atomic mass is 10.0. The van der Waals surface area contributed by atoms with Crippen LogP contribution in [0.4, 0.5) is 0 Å². The van der Waals surface area contributed by atoms with Crippen molar-refractivity contribution in [2.24, 2.45) is 0 Å². The van der Waals surface area contributed by atoms with Crippen LogP contribution >= 0.6 is 11.8 Å². The smallest absolute Gasteiger partial charge is 0.119 e. The van der Waals surface area contributed by atoms with Crippen LogP contribution in [0.2, 0.25) is 0 Å². The van der Waals surface area contributed by atoms with Crippen LogP contribution in [-0.4, -0.2) is 17.8 Å². The van der Waals surface area contributed by atoms with E-state index in [1.807, 2.05) is 0 Å². The molecule has 0 radical (unpaired) electrons. The summed E-state index contributed by atoms with van der Waals surface area (Å²) in [6.07, 6.45) is 31.4. The monoisotopic (exact) mass is 412 g/mol. The third-order valence-corrected chi connectivity index (χ3v) is 6.91. The van der Waals surface area contributed by atoms with Crippen molar-refractivity contribution in [3.63, 3.8) is 0 Å². The highest BCUT2D eigenvalue weighted by atomic mass is 32.2. The average Bonchev–Trinajstić information content (AvgIpc) is 2.71. The van der Waals surface area contributed by atoms with Crippen molar-refractivity contribution in [1.82, 2.24) is 0 Å². The molecule has 0 spiro atoms. The summed E-state index contributed by atoms with van der Waals surface area (Å²) in [5.74, 6) is 2.74. The maximum absolute atomic E-state index is 10.2. The highest BCUT2D eigenvalue weighted by molar-refractivity contribution is 7.99. The van der Waals surface area contributed by atoms with E-state index in [1.165, 1.54) is 140 Å². The summed E-state index contributed by atoms with van der Waals surface area (Å²) >= 11 is 2.17. The van der Waals surface area contributed by atoms with Gasteiger partial charge in [0.2, 0.25) is 0 Å². The van der Waals surface area contributed by atoms with Crippen LogP contribution in [-0.2, 0) is 4.79 Å². The SMILES string of the molecule is CCCCCCCCCCCCCCCCSCCCCCCCCCC=O. The van der Waals surface area contributed by atoms with Crippen molar-refractivity contribution < 1.29 is 4.79 Å². The molecule has 0 aromatic rings. The summed E-state index contributed by atoms with van der Waals surface area (Å²) in [7, 11) is 0. The molecule has 0 atom stereocenters. The normalized spacial score (nSPS) is 11.2. The molecular weight excluding hydrogens is 360 g/mol. The van der Waals surface area contributed by atoms with Crippen molar-refractivity contribution in [1.29, 1.82) is 0 Å². The Hall–Kier alpha value is 0.0200. The van der Waals surface area contributed by atoms with Crippen LogP contribution in [0, 0.1) is 0 Å². The first-order valence-electron chi connectivity index (χ1n) is 12.9. The maximum Gasteiger partial charge on any atom is 0.119 e. The number of thioether (sulfide) groups is 1. The van der Waals surface area contributed by atoms with Gasteiger partial charge in [-0.3, -0.25) is 0 Å². The van der Waals surface area contributed by atoms with Gasteiger partial charge in [-0.2, -0.15) is 11.8 Å². The van der Waals surface area contributed by atoms with E-state index in [0.29, 0.717) is 0 Å². The van der Waals surface area contributed by atoms with Gasteiger partial charge in [-0.1, -0.05) is 122 Å². The summed E-state index contributed by atoms with van der Waals surface area (Å²) in [4.78, 5) is 10.2. The molecule has 0 aliphatic rings. The molecule has 0 fully saturated rings. The number of unbranched alkanes of at least 4 members (excludes halogenated alkanes) is 20. The second kappa shape index (κ2) is 27.0. The fraction of sp³-hybridized carbons (Fsp3) is 0.962. The molecule has 168 valence electrons. The fourth-order valence-electron chi connectivity index (χ4n) is 3.82. The highest BCUT2D eigenvalue weighted by Gasteiger charge is 1.96. The largest absolute Gasteiger partial charge is 0.303 e. The molecule has 0 amide bonds. The third-order valence-electron chi connectivity index (χ3n) is 5.75. The van der Waals surface area contributed by atoms with Crippen LogP contribution in [0.1, 0.15) is 148 Å². The Labute approximate surface area is 182 Å². The topological polar surface area (TPSA) is 17.1 Å². The number of carbonyl (C=O) groups is 1. The van der Waals surface area contributed by atoms with Crippen LogP contribution in [0.25, 0.3) is 0 Å². The second-order valence-electron chi connectivity index (χ2n) is 8.64. The van der Waals surface area contributed by atoms with E-state index in [0.717, 1.165) is 19.1 Å². The summed E-state index contributed by atoms with van der Waals surface area (Å²) < 4.78 is 0. The van der Waals surface area contributed by atoms with E-state index in [-0.39, 0.29) is 0 Å². The van der Waals surface area contributed by atoms with Crippen molar-refractivity contribution in [2.75, 3.05) is 11.5 Å². The first kappa shape index (κ1) is 28.0. The minimum atomic E-state index is 0.760. The van der Waals surface area contributed by atoms with Gasteiger partial charge in [0, 0.05) is 6.42 Å². The average molecular weight is 413 g/mol. The Morgan fingerprint density at radius 3 is 1.14 bits per heavy atom. The molecule has 0 bridgehead atoms. The van der Waals surface area contributed by atoms with Crippen molar-refractivity contribution in [3.8, 4) is 0 Å². The Morgan fingerprint density at radius 2 is 0.786 bits per heavy atom. The quantitative estimate of drug-likeness (QED) is 0.110. The highest BCUT2D eigenvalue weighted by Crippen LogP contribution is 2.15. The van der Waals surface area contributed by atoms with Crippen LogP contribution < -0.4 is 0 Å². The zero-order valence-electron chi connectivity index (χ0n) is 19.4. The van der Waals surface area contributed by atoms with Gasteiger partial charge in [-0.05, 0) is 30.8 Å². The minimum absolute atomic E-state index is 0.760. The van der Waals surface area contributed by atoms with E-state index in [1.54, 1.807) is 0 Å². The van der Waals surface area contributed by atoms with Gasteiger partial charge >= 0.3 is 0 Å². The number of rotatable bonds is 25. The van der Waals surface area contributed by atoms with Gasteiger partial charge in [-0.15, -0.1) is 0 Å². The second-order valence-corrected chi connectivity index (χ2v) is 9.86. The lowest BCUT2D eigenvalue weighted by molar-refractivity contribution is -0.107. The molecule has 0 unspecified atom stereocenters. The maximum atomic E-state index is 10.2. The minimum Gasteiger partial charge on any atom is -0.303 e. The number of carbonyl (C=O) groups excluding carboxylic acids is 1. The predicted molar refractivity (Wildman–Crippen MR) is 131 cm³/mol. The lowest BCUT2D eigenvalue weighted by Gasteiger charge is -2.04. The van der Waals surface area contributed by atoms with Gasteiger partial charge in [-0.25, -0.2) is 0 Å². The Morgan fingerprint density at radius 1 is 0.464 bits per heavy atom. The molecule has 28 heavy (non-hydrogen) atoms. The predicted octanol–water partition coefficient (Wildman–Crippen LogP) is 9.52. The number of hydrogen-bond donors (Lipinski definition) is 0. The van der Waals surface area contributed by atoms with Crippen molar-refractivity contribution >= 4 is 18.0 Å².